The van der Waals surface area contributed by atoms with Crippen molar-refractivity contribution in [1.29, 1.82) is 0 Å². The molecule has 7 heteroatoms. The number of hydrogen-bond acceptors (Lipinski definition) is 5. The predicted octanol–water partition coefficient (Wildman–Crippen LogP) is 3.21. The van der Waals surface area contributed by atoms with Gasteiger partial charge >= 0.3 is 6.03 Å². The lowest BCUT2D eigenvalue weighted by atomic mass is 10.2. The molecule has 0 saturated heterocycles. The number of anilines is 2. The van der Waals surface area contributed by atoms with Crippen LogP contribution >= 0.6 is 11.3 Å². The summed E-state index contributed by atoms with van der Waals surface area (Å²) in [6.45, 7) is 4.34. The SMILES string of the molecule is CC(C)c1cnc(N(C(N)=O)c2ccc3c(c2)OCO3)s1. The number of carbonyl (C=O) groups is 1. The Morgan fingerprint density at radius 2 is 2.14 bits per heavy atom. The molecule has 21 heavy (non-hydrogen) atoms. The minimum absolute atomic E-state index is 0.185. The zero-order chi connectivity index (χ0) is 15.0. The van der Waals surface area contributed by atoms with Crippen LogP contribution < -0.4 is 20.1 Å². The molecule has 0 saturated carbocycles. The van der Waals surface area contributed by atoms with Gasteiger partial charge < -0.3 is 15.2 Å². The van der Waals surface area contributed by atoms with E-state index in [-0.39, 0.29) is 6.79 Å². The molecule has 0 atom stereocenters. The van der Waals surface area contributed by atoms with Crippen LogP contribution in [-0.2, 0) is 0 Å². The van der Waals surface area contributed by atoms with Crippen LogP contribution in [0, 0.1) is 0 Å². The molecule has 1 aliphatic rings. The van der Waals surface area contributed by atoms with Gasteiger partial charge in [-0.1, -0.05) is 13.8 Å². The maximum absolute atomic E-state index is 11.8. The van der Waals surface area contributed by atoms with Crippen molar-refractivity contribution in [3.05, 3.63) is 29.3 Å². The van der Waals surface area contributed by atoms with E-state index in [0.717, 1.165) is 4.88 Å². The summed E-state index contributed by atoms with van der Waals surface area (Å²) in [6, 6.07) is 4.65. The van der Waals surface area contributed by atoms with Gasteiger partial charge in [0.25, 0.3) is 0 Å². The van der Waals surface area contributed by atoms with Crippen molar-refractivity contribution in [3.63, 3.8) is 0 Å². The fourth-order valence-corrected chi connectivity index (χ4v) is 2.95. The molecule has 1 aromatic carbocycles. The first-order chi connectivity index (χ1) is 10.1. The number of nitrogens with zero attached hydrogens (tertiary/aromatic N) is 2. The number of rotatable bonds is 3. The van der Waals surface area contributed by atoms with E-state index in [1.165, 1.54) is 16.2 Å². The van der Waals surface area contributed by atoms with E-state index in [0.29, 0.717) is 28.2 Å². The standard InChI is InChI=1S/C14H15N3O3S/c1-8(2)12-6-16-14(21-12)17(13(15)18)9-3-4-10-11(5-9)20-7-19-10/h3-6,8H,7H2,1-2H3,(H2,15,18). The van der Waals surface area contributed by atoms with Crippen LogP contribution in [0.1, 0.15) is 24.6 Å². The number of thiazole rings is 1. The average Bonchev–Trinajstić information content (AvgIpc) is 3.06. The fourth-order valence-electron chi connectivity index (χ4n) is 2.00. The highest BCUT2D eigenvalue weighted by atomic mass is 32.1. The lowest BCUT2D eigenvalue weighted by Gasteiger charge is -2.17. The van der Waals surface area contributed by atoms with Crippen molar-refractivity contribution in [2.24, 2.45) is 5.73 Å². The van der Waals surface area contributed by atoms with Crippen LogP contribution in [0.25, 0.3) is 0 Å². The third-order valence-electron chi connectivity index (χ3n) is 3.11. The molecule has 6 nitrogen and oxygen atoms in total. The third-order valence-corrected chi connectivity index (χ3v) is 4.39. The minimum Gasteiger partial charge on any atom is -0.454 e. The highest BCUT2D eigenvalue weighted by Crippen LogP contribution is 2.39. The fraction of sp³-hybridized carbons (Fsp3) is 0.286. The molecule has 0 spiro atoms. The molecule has 0 unspecified atom stereocenters. The van der Waals surface area contributed by atoms with Crippen molar-refractivity contribution in [1.82, 2.24) is 4.98 Å². The largest absolute Gasteiger partial charge is 0.454 e. The number of benzene rings is 1. The van der Waals surface area contributed by atoms with E-state index >= 15 is 0 Å². The number of carbonyl (C=O) groups excluding carboxylic acids is 1. The van der Waals surface area contributed by atoms with Crippen LogP contribution in [0.15, 0.2) is 24.4 Å². The van der Waals surface area contributed by atoms with Gasteiger partial charge in [0.15, 0.2) is 16.6 Å². The van der Waals surface area contributed by atoms with Gasteiger partial charge in [-0.3, -0.25) is 0 Å². The zero-order valence-corrected chi connectivity index (χ0v) is 12.5. The molecule has 1 aliphatic heterocycles. The number of fused-ring (bicyclic) bond motifs is 1. The summed E-state index contributed by atoms with van der Waals surface area (Å²) in [6.07, 6.45) is 1.77. The Bertz CT molecular complexity index is 684. The first-order valence-corrected chi connectivity index (χ1v) is 7.33. The van der Waals surface area contributed by atoms with Gasteiger partial charge in [-0.15, -0.1) is 11.3 Å². The lowest BCUT2D eigenvalue weighted by Crippen LogP contribution is -2.31. The number of hydrogen-bond donors (Lipinski definition) is 1. The second-order valence-electron chi connectivity index (χ2n) is 4.91. The molecule has 2 N–H and O–H groups in total. The number of amides is 2. The second-order valence-corrected chi connectivity index (χ2v) is 5.95. The van der Waals surface area contributed by atoms with Crippen molar-refractivity contribution < 1.29 is 14.3 Å². The Morgan fingerprint density at radius 3 is 2.81 bits per heavy atom. The van der Waals surface area contributed by atoms with Gasteiger partial charge in [-0.2, -0.15) is 0 Å². The molecule has 2 heterocycles. The maximum Gasteiger partial charge on any atom is 0.325 e. The summed E-state index contributed by atoms with van der Waals surface area (Å²) in [4.78, 5) is 18.6. The van der Waals surface area contributed by atoms with E-state index < -0.39 is 6.03 Å². The number of nitrogens with two attached hydrogens (primary N) is 1. The minimum atomic E-state index is -0.585. The van der Waals surface area contributed by atoms with Crippen LogP contribution in [0.5, 0.6) is 11.5 Å². The molecule has 0 radical (unpaired) electrons. The van der Waals surface area contributed by atoms with E-state index in [1.54, 1.807) is 24.4 Å². The topological polar surface area (TPSA) is 77.7 Å². The predicted molar refractivity (Wildman–Crippen MR) is 80.5 cm³/mol. The van der Waals surface area contributed by atoms with Crippen molar-refractivity contribution in [3.8, 4) is 11.5 Å². The van der Waals surface area contributed by atoms with Gasteiger partial charge in [0, 0.05) is 17.1 Å². The number of urea groups is 1. The quantitative estimate of drug-likeness (QED) is 0.944. The number of primary amides is 1. The van der Waals surface area contributed by atoms with Crippen molar-refractivity contribution in [2.75, 3.05) is 11.7 Å². The van der Waals surface area contributed by atoms with Gasteiger partial charge in [0.05, 0.1) is 5.69 Å². The van der Waals surface area contributed by atoms with E-state index in [4.69, 9.17) is 15.2 Å². The van der Waals surface area contributed by atoms with Gasteiger partial charge in [0.1, 0.15) is 0 Å². The van der Waals surface area contributed by atoms with Gasteiger partial charge in [-0.05, 0) is 18.1 Å². The first kappa shape index (κ1) is 13.7. The average molecular weight is 305 g/mol. The molecule has 2 aromatic rings. The normalized spacial score (nSPS) is 12.7. The third kappa shape index (κ3) is 2.52. The zero-order valence-electron chi connectivity index (χ0n) is 11.7. The Hall–Kier alpha value is -2.28. The monoisotopic (exact) mass is 305 g/mol. The molecule has 2 amide bonds. The first-order valence-electron chi connectivity index (χ1n) is 6.51. The van der Waals surface area contributed by atoms with Crippen molar-refractivity contribution >= 4 is 28.2 Å². The lowest BCUT2D eigenvalue weighted by molar-refractivity contribution is 0.174. The summed E-state index contributed by atoms with van der Waals surface area (Å²) in [5, 5.41) is 0.546. The van der Waals surface area contributed by atoms with E-state index in [2.05, 4.69) is 18.8 Å². The molecular formula is C14H15N3O3S. The van der Waals surface area contributed by atoms with Crippen LogP contribution in [0.3, 0.4) is 0 Å². The molecule has 0 fully saturated rings. The van der Waals surface area contributed by atoms with Crippen LogP contribution in [0.2, 0.25) is 0 Å². The van der Waals surface area contributed by atoms with Crippen LogP contribution in [-0.4, -0.2) is 17.8 Å². The summed E-state index contributed by atoms with van der Waals surface area (Å²) < 4.78 is 10.6. The number of ether oxygens (including phenoxy) is 2. The Kier molecular flexibility index (Phi) is 3.42. The number of aromatic nitrogens is 1. The molecule has 3 rings (SSSR count). The molecule has 1 aromatic heterocycles. The molecule has 0 bridgehead atoms. The summed E-state index contributed by atoms with van der Waals surface area (Å²) in [7, 11) is 0. The summed E-state index contributed by atoms with van der Waals surface area (Å²) in [5.74, 6) is 1.60. The Labute approximate surface area is 126 Å². The van der Waals surface area contributed by atoms with E-state index in [1.807, 2.05) is 0 Å². The molecule has 0 aliphatic carbocycles. The smallest absolute Gasteiger partial charge is 0.325 e. The van der Waals surface area contributed by atoms with Gasteiger partial charge in [-0.25, -0.2) is 14.7 Å². The molecular weight excluding hydrogens is 290 g/mol. The Morgan fingerprint density at radius 1 is 1.38 bits per heavy atom. The van der Waals surface area contributed by atoms with Crippen molar-refractivity contribution in [2.45, 2.75) is 19.8 Å². The highest BCUT2D eigenvalue weighted by Gasteiger charge is 2.22. The highest BCUT2D eigenvalue weighted by molar-refractivity contribution is 7.15. The summed E-state index contributed by atoms with van der Waals surface area (Å²) in [5.41, 5.74) is 6.12. The van der Waals surface area contributed by atoms with E-state index in [9.17, 15) is 4.79 Å². The molecule has 110 valence electrons. The maximum atomic E-state index is 11.8. The van der Waals surface area contributed by atoms with Gasteiger partial charge in [0.2, 0.25) is 6.79 Å². The Balaban J connectivity index is 1.99. The summed E-state index contributed by atoms with van der Waals surface area (Å²) >= 11 is 1.45. The second kappa shape index (κ2) is 5.25. The van der Waals surface area contributed by atoms with Crippen LogP contribution in [0.4, 0.5) is 15.6 Å².